The average Bonchev–Trinajstić information content (AvgIpc) is 2.66. The summed E-state index contributed by atoms with van der Waals surface area (Å²) in [5.74, 6) is 0.563. The summed E-state index contributed by atoms with van der Waals surface area (Å²) in [5.41, 5.74) is 1.26. The van der Waals surface area contributed by atoms with Crippen molar-refractivity contribution < 1.29 is 14.6 Å². The molecule has 80 valence electrons. The first-order chi connectivity index (χ1) is 7.27. The smallest absolute Gasteiger partial charge is 0.169 e. The summed E-state index contributed by atoms with van der Waals surface area (Å²) in [4.78, 5) is 0. The zero-order valence-electron chi connectivity index (χ0n) is 8.48. The van der Waals surface area contributed by atoms with Crippen LogP contribution in [-0.2, 0) is 9.47 Å². The van der Waals surface area contributed by atoms with E-state index in [2.05, 4.69) is 0 Å². The molecule has 3 heteroatoms. The molecule has 2 aliphatic rings. The number of aromatic hydroxyl groups is 1. The predicted octanol–water partition coefficient (Wildman–Crippen LogP) is 2.01. The SMILES string of the molecule is Oc1ccc(C2CC3(C2)OCCO3)cc1. The van der Waals surface area contributed by atoms with Gasteiger partial charge in [-0.2, -0.15) is 0 Å². The van der Waals surface area contributed by atoms with E-state index in [0.717, 1.165) is 26.1 Å². The van der Waals surface area contributed by atoms with Crippen molar-refractivity contribution in [3.63, 3.8) is 0 Å². The number of phenols is 1. The lowest BCUT2D eigenvalue weighted by atomic mass is 9.74. The van der Waals surface area contributed by atoms with E-state index in [-0.39, 0.29) is 5.79 Å². The second-order valence-electron chi connectivity index (χ2n) is 4.30. The Morgan fingerprint density at radius 3 is 2.27 bits per heavy atom. The predicted molar refractivity (Wildman–Crippen MR) is 54.7 cm³/mol. The minimum Gasteiger partial charge on any atom is -0.508 e. The number of ether oxygens (including phenoxy) is 2. The molecule has 0 aromatic heterocycles. The molecule has 0 amide bonds. The molecular weight excluding hydrogens is 192 g/mol. The third-order valence-electron chi connectivity index (χ3n) is 3.29. The first kappa shape index (κ1) is 9.19. The van der Waals surface area contributed by atoms with Gasteiger partial charge in [-0.15, -0.1) is 0 Å². The Kier molecular flexibility index (Phi) is 1.97. The maximum absolute atomic E-state index is 9.18. The maximum atomic E-state index is 9.18. The summed E-state index contributed by atoms with van der Waals surface area (Å²) in [6.45, 7) is 1.45. The van der Waals surface area contributed by atoms with Crippen molar-refractivity contribution in [1.82, 2.24) is 0 Å². The highest BCUT2D eigenvalue weighted by atomic mass is 16.7. The van der Waals surface area contributed by atoms with E-state index < -0.39 is 0 Å². The monoisotopic (exact) mass is 206 g/mol. The number of hydrogen-bond acceptors (Lipinski definition) is 3. The zero-order chi connectivity index (χ0) is 10.3. The van der Waals surface area contributed by atoms with Crippen molar-refractivity contribution in [2.24, 2.45) is 0 Å². The van der Waals surface area contributed by atoms with E-state index >= 15 is 0 Å². The lowest BCUT2D eigenvalue weighted by molar-refractivity contribution is -0.215. The van der Waals surface area contributed by atoms with Gasteiger partial charge in [0.15, 0.2) is 5.79 Å². The summed E-state index contributed by atoms with van der Waals surface area (Å²) in [7, 11) is 0. The van der Waals surface area contributed by atoms with Crippen molar-refractivity contribution in [1.29, 1.82) is 0 Å². The molecule has 0 radical (unpaired) electrons. The number of rotatable bonds is 1. The molecule has 1 aromatic carbocycles. The van der Waals surface area contributed by atoms with Gasteiger partial charge in [0.1, 0.15) is 5.75 Å². The summed E-state index contributed by atoms with van der Waals surface area (Å²) in [6.07, 6.45) is 1.88. The maximum Gasteiger partial charge on any atom is 0.169 e. The molecule has 1 spiro atoms. The standard InChI is InChI=1S/C12H14O3/c13-11-3-1-9(2-4-11)10-7-12(8-10)14-5-6-15-12/h1-4,10,13H,5-8H2. The molecule has 0 unspecified atom stereocenters. The quantitative estimate of drug-likeness (QED) is 0.764. The van der Waals surface area contributed by atoms with Gasteiger partial charge in [0, 0.05) is 12.8 Å². The molecule has 0 atom stereocenters. The van der Waals surface area contributed by atoms with Crippen LogP contribution in [0.5, 0.6) is 5.75 Å². The molecule has 2 fully saturated rings. The molecule has 1 saturated heterocycles. The Morgan fingerprint density at radius 1 is 1.07 bits per heavy atom. The summed E-state index contributed by atoms with van der Waals surface area (Å²) in [6, 6.07) is 7.41. The Morgan fingerprint density at radius 2 is 1.67 bits per heavy atom. The van der Waals surface area contributed by atoms with Gasteiger partial charge in [-0.3, -0.25) is 0 Å². The Labute approximate surface area is 88.6 Å². The van der Waals surface area contributed by atoms with E-state index in [1.165, 1.54) is 5.56 Å². The molecule has 1 aromatic rings. The van der Waals surface area contributed by atoms with E-state index in [9.17, 15) is 5.11 Å². The number of hydrogen-bond donors (Lipinski definition) is 1. The van der Waals surface area contributed by atoms with Crippen LogP contribution < -0.4 is 0 Å². The van der Waals surface area contributed by atoms with Crippen LogP contribution in [0.2, 0.25) is 0 Å². The molecule has 3 rings (SSSR count). The minimum atomic E-state index is -0.275. The molecule has 1 heterocycles. The first-order valence-corrected chi connectivity index (χ1v) is 5.34. The van der Waals surface area contributed by atoms with Crippen molar-refractivity contribution in [2.75, 3.05) is 13.2 Å². The van der Waals surface area contributed by atoms with Gasteiger partial charge >= 0.3 is 0 Å². The normalized spacial score (nSPS) is 24.3. The van der Waals surface area contributed by atoms with Crippen LogP contribution in [0, 0.1) is 0 Å². The highest BCUT2D eigenvalue weighted by molar-refractivity contribution is 5.30. The van der Waals surface area contributed by atoms with E-state index in [1.54, 1.807) is 12.1 Å². The molecule has 0 bridgehead atoms. The van der Waals surface area contributed by atoms with Gasteiger partial charge in [-0.05, 0) is 23.6 Å². The summed E-state index contributed by atoms with van der Waals surface area (Å²) in [5, 5.41) is 9.18. The molecule has 1 aliphatic carbocycles. The van der Waals surface area contributed by atoms with Gasteiger partial charge in [0.25, 0.3) is 0 Å². The van der Waals surface area contributed by atoms with Crippen LogP contribution >= 0.6 is 0 Å². The van der Waals surface area contributed by atoms with Gasteiger partial charge < -0.3 is 14.6 Å². The van der Waals surface area contributed by atoms with Crippen molar-refractivity contribution in [3.8, 4) is 5.75 Å². The molecule has 1 N–H and O–H groups in total. The van der Waals surface area contributed by atoms with Gasteiger partial charge in [-0.25, -0.2) is 0 Å². The minimum absolute atomic E-state index is 0.275. The number of phenolic OH excluding ortho intramolecular Hbond substituents is 1. The topological polar surface area (TPSA) is 38.7 Å². The van der Waals surface area contributed by atoms with Gasteiger partial charge in [0.05, 0.1) is 13.2 Å². The Balaban J connectivity index is 1.69. The van der Waals surface area contributed by atoms with Crippen molar-refractivity contribution >= 4 is 0 Å². The third kappa shape index (κ3) is 1.52. The highest BCUT2D eigenvalue weighted by Gasteiger charge is 2.49. The summed E-state index contributed by atoms with van der Waals surface area (Å²) < 4.78 is 11.2. The third-order valence-corrected chi connectivity index (χ3v) is 3.29. The van der Waals surface area contributed by atoms with E-state index in [4.69, 9.17) is 9.47 Å². The van der Waals surface area contributed by atoms with Crippen LogP contribution in [0.4, 0.5) is 0 Å². The summed E-state index contributed by atoms with van der Waals surface area (Å²) >= 11 is 0. The molecule has 1 aliphatic heterocycles. The fraction of sp³-hybridized carbons (Fsp3) is 0.500. The van der Waals surface area contributed by atoms with Gasteiger partial charge in [-0.1, -0.05) is 12.1 Å². The van der Waals surface area contributed by atoms with Crippen LogP contribution in [0.25, 0.3) is 0 Å². The van der Waals surface area contributed by atoms with E-state index in [0.29, 0.717) is 11.7 Å². The molecular formula is C12H14O3. The Bertz CT molecular complexity index is 344. The van der Waals surface area contributed by atoms with Crippen molar-refractivity contribution in [3.05, 3.63) is 29.8 Å². The zero-order valence-corrected chi connectivity index (χ0v) is 8.48. The lowest BCUT2D eigenvalue weighted by Crippen LogP contribution is -2.43. The second kappa shape index (κ2) is 3.22. The fourth-order valence-corrected chi connectivity index (χ4v) is 2.41. The number of benzene rings is 1. The second-order valence-corrected chi connectivity index (χ2v) is 4.30. The molecule has 15 heavy (non-hydrogen) atoms. The first-order valence-electron chi connectivity index (χ1n) is 5.34. The van der Waals surface area contributed by atoms with Crippen molar-refractivity contribution in [2.45, 2.75) is 24.5 Å². The molecule has 1 saturated carbocycles. The van der Waals surface area contributed by atoms with Crippen LogP contribution in [0.1, 0.15) is 24.3 Å². The Hall–Kier alpha value is -1.06. The fourth-order valence-electron chi connectivity index (χ4n) is 2.41. The van der Waals surface area contributed by atoms with Gasteiger partial charge in [0.2, 0.25) is 0 Å². The van der Waals surface area contributed by atoms with Crippen LogP contribution in [0.3, 0.4) is 0 Å². The largest absolute Gasteiger partial charge is 0.508 e. The van der Waals surface area contributed by atoms with Crippen LogP contribution in [-0.4, -0.2) is 24.1 Å². The average molecular weight is 206 g/mol. The highest BCUT2D eigenvalue weighted by Crippen LogP contribution is 2.49. The lowest BCUT2D eigenvalue weighted by Gasteiger charge is -2.43. The van der Waals surface area contributed by atoms with E-state index in [1.807, 2.05) is 12.1 Å². The van der Waals surface area contributed by atoms with Crippen LogP contribution in [0.15, 0.2) is 24.3 Å². The molecule has 3 nitrogen and oxygen atoms in total.